The van der Waals surface area contributed by atoms with Crippen molar-refractivity contribution in [3.8, 4) is 56.4 Å². The fraction of sp³-hybridized carbons (Fsp3) is 0. The van der Waals surface area contributed by atoms with Crippen LogP contribution in [0, 0.1) is 28.6 Å². The van der Waals surface area contributed by atoms with E-state index in [1.54, 1.807) is 60.7 Å². The molecule has 2 heterocycles. The third-order valence-electron chi connectivity index (χ3n) is 8.88. The molecule has 8 rings (SSSR count). The van der Waals surface area contributed by atoms with Gasteiger partial charge in [0, 0.05) is 44.2 Å². The minimum Gasteiger partial charge on any atom is -0.545 e. The topological polar surface area (TPSA) is 181 Å². The number of aromatic carboxylic acids is 2. The molecule has 10 nitrogen and oxygen atoms in total. The van der Waals surface area contributed by atoms with Crippen LogP contribution in [0.25, 0.3) is 66.8 Å². The predicted octanol–water partition coefficient (Wildman–Crippen LogP) is 4.11. The van der Waals surface area contributed by atoms with Gasteiger partial charge in [0.15, 0.2) is 22.7 Å². The van der Waals surface area contributed by atoms with Crippen molar-refractivity contribution in [1.82, 2.24) is 0 Å². The molecule has 292 valence electrons. The monoisotopic (exact) mass is 1720 g/mol. The number of phenols is 2. The Morgan fingerprint density at radius 3 is 1.15 bits per heavy atom. The number of hydrogen-bond acceptors (Lipinski definition) is 10. The Morgan fingerprint density at radius 2 is 0.817 bits per heavy atom. The van der Waals surface area contributed by atoms with Crippen molar-refractivity contribution in [2.75, 3.05) is 0 Å². The molecule has 0 bridgehead atoms. The van der Waals surface area contributed by atoms with Gasteiger partial charge in [0.1, 0.15) is 18.6 Å². The summed E-state index contributed by atoms with van der Waals surface area (Å²) in [5.74, 6) is -1.74. The smallest absolute Gasteiger partial charge is 0.545 e. The SMILES string of the molecule is O=C([O-])c1ccccc1-c1c2cc(I)c(=O)c(I)c-2oc2c(I)c(O)c(I)cc12.O=C([O-])c1ccccc1-c1c2cc(I)c(=O)c(I)c-2oc2c(I)c(O)c(I)cc12.[Na+].[Na+]. The largest absolute Gasteiger partial charge is 1.00 e. The molecular weight excluding hydrogens is 1700 g/mol. The quantitative estimate of drug-likeness (QED) is 0.148. The predicted molar refractivity (Wildman–Crippen MR) is 283 cm³/mol. The van der Waals surface area contributed by atoms with E-state index in [1.807, 2.05) is 181 Å². The van der Waals surface area contributed by atoms with Crippen LogP contribution in [0.5, 0.6) is 11.5 Å². The molecule has 0 fully saturated rings. The zero-order valence-corrected chi connectivity index (χ0v) is 51.4. The van der Waals surface area contributed by atoms with Gasteiger partial charge in [0.05, 0.1) is 33.4 Å². The summed E-state index contributed by atoms with van der Waals surface area (Å²) in [6.07, 6.45) is 0. The van der Waals surface area contributed by atoms with E-state index in [9.17, 15) is 39.6 Å². The second kappa shape index (κ2) is 21.1. The third kappa shape index (κ3) is 9.58. The fourth-order valence-electron chi connectivity index (χ4n) is 6.33. The molecule has 4 aromatic carbocycles. The number of carboxylic acid groups (broad SMARTS) is 2. The van der Waals surface area contributed by atoms with E-state index in [4.69, 9.17) is 8.83 Å². The van der Waals surface area contributed by atoms with E-state index < -0.39 is 11.9 Å². The van der Waals surface area contributed by atoms with Crippen molar-refractivity contribution < 1.29 is 98.0 Å². The first kappa shape index (κ1) is 51.6. The van der Waals surface area contributed by atoms with Crippen LogP contribution >= 0.6 is 181 Å². The van der Waals surface area contributed by atoms with Gasteiger partial charge in [-0.15, -0.1) is 0 Å². The van der Waals surface area contributed by atoms with Crippen molar-refractivity contribution in [2.45, 2.75) is 0 Å². The Kier molecular flexibility index (Phi) is 18.1. The van der Waals surface area contributed by atoms with Crippen LogP contribution < -0.4 is 80.2 Å². The molecule has 60 heavy (non-hydrogen) atoms. The second-order valence-electron chi connectivity index (χ2n) is 12.2. The van der Waals surface area contributed by atoms with Gasteiger partial charge < -0.3 is 38.8 Å². The summed E-state index contributed by atoms with van der Waals surface area (Å²) >= 11 is 15.8. The summed E-state index contributed by atoms with van der Waals surface area (Å²) in [6.45, 7) is 0. The molecule has 0 saturated heterocycles. The zero-order valence-electron chi connectivity index (χ0n) is 30.1. The summed E-state index contributed by atoms with van der Waals surface area (Å²) in [5, 5.41) is 45.7. The molecule has 2 aliphatic heterocycles. The van der Waals surface area contributed by atoms with E-state index in [0.717, 1.165) is 0 Å². The maximum absolute atomic E-state index is 12.5. The van der Waals surface area contributed by atoms with Gasteiger partial charge in [-0.3, -0.25) is 9.59 Å². The van der Waals surface area contributed by atoms with Crippen molar-refractivity contribution in [1.29, 1.82) is 0 Å². The van der Waals surface area contributed by atoms with E-state index in [1.165, 1.54) is 12.1 Å². The molecule has 0 amide bonds. The Labute approximate surface area is 492 Å². The summed E-state index contributed by atoms with van der Waals surface area (Å²) in [6, 6.07) is 20.1. The molecule has 0 radical (unpaired) electrons. The first-order valence-corrected chi connectivity index (χ1v) is 24.6. The standard InChI is InChI=1S/2C20H8I4O5.2Na/c2*21-11-5-9-13(7-3-1-2-4-8(7)20(27)28)10-6-12(22)17(26)15(24)19(10)29-18(9)14(23)16(11)25;;/h2*1-6,25H,(H,27,28);;/q;;2*+1/p-2. The third-order valence-corrected chi connectivity index (χ3v) is 16.1. The van der Waals surface area contributed by atoms with Gasteiger partial charge in [-0.05, 0) is 216 Å². The molecule has 0 atom stereocenters. The Morgan fingerprint density at radius 1 is 0.483 bits per heavy atom. The summed E-state index contributed by atoms with van der Waals surface area (Å²) in [5.41, 5.74) is 3.92. The van der Waals surface area contributed by atoms with Crippen LogP contribution in [0.1, 0.15) is 20.7 Å². The number of phenolic OH excluding ortho intramolecular Hbond substituents is 2. The van der Waals surface area contributed by atoms with Crippen LogP contribution in [0.2, 0.25) is 0 Å². The van der Waals surface area contributed by atoms with Crippen molar-refractivity contribution in [2.24, 2.45) is 0 Å². The molecule has 0 unspecified atom stereocenters. The molecule has 4 aliphatic rings. The van der Waals surface area contributed by atoms with E-state index in [0.29, 0.717) is 95.4 Å². The number of hydrogen-bond donors (Lipinski definition) is 2. The van der Waals surface area contributed by atoms with Crippen LogP contribution in [0.15, 0.2) is 91.2 Å². The molecule has 0 spiro atoms. The second-order valence-corrected chi connectivity index (χ2v) is 21.1. The van der Waals surface area contributed by atoms with Gasteiger partial charge in [0.2, 0.25) is 10.9 Å². The number of carbonyl (C=O) groups excluding carboxylic acids is 2. The number of aromatic hydroxyl groups is 2. The first-order valence-electron chi connectivity index (χ1n) is 16.0. The van der Waals surface area contributed by atoms with Crippen molar-refractivity contribution in [3.05, 3.63) is 133 Å². The van der Waals surface area contributed by atoms with Gasteiger partial charge >= 0.3 is 59.1 Å². The summed E-state index contributed by atoms with van der Waals surface area (Å²) < 4.78 is 16.2. The zero-order chi connectivity index (χ0) is 42.1. The normalized spacial score (nSPS) is 10.9. The van der Waals surface area contributed by atoms with Crippen LogP contribution in [0.4, 0.5) is 0 Å². The molecule has 2 N–H and O–H groups in total. The van der Waals surface area contributed by atoms with Crippen LogP contribution in [-0.4, -0.2) is 22.2 Å². The number of rotatable bonds is 4. The maximum atomic E-state index is 12.5. The number of fused-ring (bicyclic) bond motifs is 4. The summed E-state index contributed by atoms with van der Waals surface area (Å²) in [7, 11) is 0. The average molecular weight is 1720 g/mol. The van der Waals surface area contributed by atoms with E-state index in [-0.39, 0.29) is 92.6 Å². The molecule has 4 aromatic rings. The molecule has 0 aromatic heterocycles. The minimum atomic E-state index is -1.30. The molecule has 20 heteroatoms. The summed E-state index contributed by atoms with van der Waals surface area (Å²) in [4.78, 5) is 48.7. The van der Waals surface area contributed by atoms with Gasteiger partial charge in [-0.25, -0.2) is 0 Å². The molecule has 0 saturated carbocycles. The van der Waals surface area contributed by atoms with Gasteiger partial charge in [0.25, 0.3) is 0 Å². The van der Waals surface area contributed by atoms with Crippen LogP contribution in [-0.2, 0) is 0 Å². The molecule has 2 aliphatic carbocycles. The van der Waals surface area contributed by atoms with E-state index in [2.05, 4.69) is 0 Å². The Hall–Kier alpha value is 0.640. The van der Waals surface area contributed by atoms with Crippen LogP contribution in [0.3, 0.4) is 0 Å². The van der Waals surface area contributed by atoms with Crippen molar-refractivity contribution >= 4 is 215 Å². The first-order chi connectivity index (χ1) is 27.4. The Balaban J connectivity index is 0.000000220. The van der Waals surface area contributed by atoms with Gasteiger partial charge in [-0.1, -0.05) is 48.5 Å². The molecular formula is C40H14I8Na2O10. The number of benzene rings is 6. The number of carbonyl (C=O) groups is 2. The van der Waals surface area contributed by atoms with Gasteiger partial charge in [-0.2, -0.15) is 0 Å². The number of carboxylic acids is 2. The average Bonchev–Trinajstić information content (AvgIpc) is 3.20. The minimum absolute atomic E-state index is 0. The number of halogens is 8. The maximum Gasteiger partial charge on any atom is 1.00 e. The van der Waals surface area contributed by atoms with E-state index >= 15 is 0 Å². The van der Waals surface area contributed by atoms with Crippen molar-refractivity contribution in [3.63, 3.8) is 0 Å². The fourth-order valence-corrected chi connectivity index (χ4v) is 13.5. The Bertz CT molecular complexity index is 2940.